The zero-order valence-corrected chi connectivity index (χ0v) is 12.5. The number of rotatable bonds is 3. The number of aromatic nitrogens is 2. The molecule has 0 spiro atoms. The summed E-state index contributed by atoms with van der Waals surface area (Å²) in [5.74, 6) is 0. The van der Waals surface area contributed by atoms with Crippen molar-refractivity contribution in [3.05, 3.63) is 47.3 Å². The summed E-state index contributed by atoms with van der Waals surface area (Å²) in [6.45, 7) is 4.98. The van der Waals surface area contributed by atoms with E-state index in [2.05, 4.69) is 47.7 Å². The molecule has 17 heavy (non-hydrogen) atoms. The van der Waals surface area contributed by atoms with Gasteiger partial charge >= 0.3 is 6.01 Å². The second kappa shape index (κ2) is 6.05. The van der Waals surface area contributed by atoms with Crippen LogP contribution in [0.3, 0.4) is 0 Å². The first-order valence-electron chi connectivity index (χ1n) is 5.39. The molecule has 1 aromatic carbocycles. The third kappa shape index (κ3) is 3.00. The summed E-state index contributed by atoms with van der Waals surface area (Å²) in [6.07, 6.45) is 0. The summed E-state index contributed by atoms with van der Waals surface area (Å²) in [5.41, 5.74) is 3.63. The third-order valence-electron chi connectivity index (χ3n) is 2.86. The van der Waals surface area contributed by atoms with Gasteiger partial charge in [0.1, 0.15) is 17.9 Å². The Bertz CT molecular complexity index is 480. The van der Waals surface area contributed by atoms with Gasteiger partial charge in [-0.25, -0.2) is 4.98 Å². The zero-order chi connectivity index (χ0) is 11.5. The largest absolute Gasteiger partial charge is 1.00 e. The van der Waals surface area contributed by atoms with Crippen molar-refractivity contribution < 1.29 is 33.3 Å². The topological polar surface area (TPSA) is 28.9 Å². The van der Waals surface area contributed by atoms with Gasteiger partial charge in [-0.05, 0) is 5.56 Å². The maximum absolute atomic E-state index is 5.33. The van der Waals surface area contributed by atoms with Crippen molar-refractivity contribution in [3.63, 3.8) is 0 Å². The minimum absolute atomic E-state index is 0. The number of hydrogen-bond donors (Lipinski definition) is 1. The number of benzene rings is 1. The SMILES string of the molecule is COc1[nH]c(C)c(C)[n+]1Cc1ccccc1.[I-]. The number of imidazole rings is 1. The Morgan fingerprint density at radius 2 is 1.82 bits per heavy atom. The van der Waals surface area contributed by atoms with E-state index in [1.54, 1.807) is 7.11 Å². The fourth-order valence-corrected chi connectivity index (χ4v) is 1.79. The van der Waals surface area contributed by atoms with E-state index >= 15 is 0 Å². The van der Waals surface area contributed by atoms with E-state index in [1.807, 2.05) is 6.07 Å². The standard InChI is InChI=1S/C13H16N2O.HI/c1-10-11(2)15(13(14-10)16-3)9-12-7-5-4-6-8-12;/h4-8H,9H2,1-3H3;1H. The molecule has 0 radical (unpaired) electrons. The van der Waals surface area contributed by atoms with Crippen LogP contribution in [0.1, 0.15) is 17.0 Å². The molecule has 4 heteroatoms. The molecule has 1 aromatic heterocycles. The first-order chi connectivity index (χ1) is 7.72. The van der Waals surface area contributed by atoms with E-state index in [0.29, 0.717) is 0 Å². The molecule has 0 aliphatic heterocycles. The fraction of sp³-hybridized carbons (Fsp3) is 0.308. The van der Waals surface area contributed by atoms with Crippen molar-refractivity contribution in [1.82, 2.24) is 4.98 Å². The highest BCUT2D eigenvalue weighted by molar-refractivity contribution is 5.14. The van der Waals surface area contributed by atoms with Crippen LogP contribution in [0, 0.1) is 13.8 Å². The predicted octanol–water partition coefficient (Wildman–Crippen LogP) is -1.02. The van der Waals surface area contributed by atoms with E-state index in [9.17, 15) is 0 Å². The Balaban J connectivity index is 0.00000144. The summed E-state index contributed by atoms with van der Waals surface area (Å²) in [7, 11) is 1.69. The molecule has 1 heterocycles. The predicted molar refractivity (Wildman–Crippen MR) is 62.6 cm³/mol. The second-order valence-corrected chi connectivity index (χ2v) is 3.92. The van der Waals surface area contributed by atoms with Gasteiger partial charge < -0.3 is 28.7 Å². The molecule has 0 fully saturated rings. The van der Waals surface area contributed by atoms with Crippen LogP contribution in [0.2, 0.25) is 0 Å². The third-order valence-corrected chi connectivity index (χ3v) is 2.86. The molecule has 0 unspecified atom stereocenters. The number of ether oxygens (including phenoxy) is 1. The average molecular weight is 344 g/mol. The molecular formula is C13H17IN2O. The van der Waals surface area contributed by atoms with E-state index in [1.165, 1.54) is 11.3 Å². The smallest absolute Gasteiger partial charge is 0.454 e. The molecule has 0 amide bonds. The van der Waals surface area contributed by atoms with Crippen LogP contribution in [-0.2, 0) is 6.54 Å². The Hall–Kier alpha value is -1.04. The lowest BCUT2D eigenvalue weighted by Gasteiger charge is -2.01. The number of nitrogens with one attached hydrogen (secondary N) is 1. The molecule has 2 rings (SSSR count). The molecule has 0 aliphatic rings. The normalized spacial score (nSPS) is 9.82. The van der Waals surface area contributed by atoms with Crippen LogP contribution < -0.4 is 33.3 Å². The summed E-state index contributed by atoms with van der Waals surface area (Å²) in [4.78, 5) is 3.22. The molecule has 0 atom stereocenters. The van der Waals surface area contributed by atoms with Gasteiger partial charge in [0.25, 0.3) is 0 Å². The van der Waals surface area contributed by atoms with Gasteiger partial charge in [-0.15, -0.1) is 0 Å². The number of nitrogens with zero attached hydrogens (tertiary/aromatic N) is 1. The number of hydrogen-bond acceptors (Lipinski definition) is 1. The minimum atomic E-state index is 0. The van der Waals surface area contributed by atoms with Crippen molar-refractivity contribution >= 4 is 0 Å². The number of aryl methyl sites for hydroxylation is 1. The monoisotopic (exact) mass is 344 g/mol. The van der Waals surface area contributed by atoms with Gasteiger partial charge in [-0.2, -0.15) is 4.57 Å². The first-order valence-corrected chi connectivity index (χ1v) is 5.39. The Morgan fingerprint density at radius 3 is 2.41 bits per heavy atom. The lowest BCUT2D eigenvalue weighted by molar-refractivity contribution is -0.697. The van der Waals surface area contributed by atoms with E-state index in [-0.39, 0.29) is 24.0 Å². The van der Waals surface area contributed by atoms with Crippen LogP contribution in [0.5, 0.6) is 6.01 Å². The number of methoxy groups -OCH3 is 1. The molecule has 1 N–H and O–H groups in total. The van der Waals surface area contributed by atoms with E-state index in [0.717, 1.165) is 18.2 Å². The van der Waals surface area contributed by atoms with Gasteiger partial charge in [0.05, 0.1) is 7.11 Å². The Kier molecular flexibility index (Phi) is 4.99. The number of H-pyrrole nitrogens is 1. The number of aromatic amines is 1. The quantitative estimate of drug-likeness (QED) is 0.561. The van der Waals surface area contributed by atoms with Gasteiger partial charge in [0.15, 0.2) is 0 Å². The number of halogens is 1. The van der Waals surface area contributed by atoms with Crippen LogP contribution in [0.25, 0.3) is 0 Å². The van der Waals surface area contributed by atoms with Crippen molar-refractivity contribution in [3.8, 4) is 6.01 Å². The minimum Gasteiger partial charge on any atom is -1.00 e. The zero-order valence-electron chi connectivity index (χ0n) is 10.3. The summed E-state index contributed by atoms with van der Waals surface area (Å²) < 4.78 is 7.47. The molecule has 0 saturated heterocycles. The second-order valence-electron chi connectivity index (χ2n) is 3.92. The highest BCUT2D eigenvalue weighted by Crippen LogP contribution is 2.09. The Morgan fingerprint density at radius 1 is 1.18 bits per heavy atom. The van der Waals surface area contributed by atoms with Gasteiger partial charge in [-0.1, -0.05) is 30.3 Å². The Labute approximate surface area is 119 Å². The van der Waals surface area contributed by atoms with E-state index in [4.69, 9.17) is 4.74 Å². The molecule has 2 aromatic rings. The average Bonchev–Trinajstić information content (AvgIpc) is 2.58. The van der Waals surface area contributed by atoms with Crippen LogP contribution >= 0.6 is 0 Å². The summed E-state index contributed by atoms with van der Waals surface area (Å²) in [6, 6.07) is 11.2. The molecule has 3 nitrogen and oxygen atoms in total. The lowest BCUT2D eigenvalue weighted by Crippen LogP contribution is -3.00. The van der Waals surface area contributed by atoms with Crippen molar-refractivity contribution in [2.24, 2.45) is 0 Å². The maximum atomic E-state index is 5.33. The van der Waals surface area contributed by atoms with Gasteiger partial charge in [0, 0.05) is 13.8 Å². The van der Waals surface area contributed by atoms with Crippen molar-refractivity contribution in [2.45, 2.75) is 20.4 Å². The van der Waals surface area contributed by atoms with E-state index < -0.39 is 0 Å². The van der Waals surface area contributed by atoms with Crippen LogP contribution in [0.15, 0.2) is 30.3 Å². The molecule has 0 bridgehead atoms. The highest BCUT2D eigenvalue weighted by atomic mass is 127. The van der Waals surface area contributed by atoms with Gasteiger partial charge in [0.2, 0.25) is 0 Å². The highest BCUT2D eigenvalue weighted by Gasteiger charge is 2.19. The summed E-state index contributed by atoms with van der Waals surface area (Å²) in [5, 5.41) is 0. The van der Waals surface area contributed by atoms with Crippen LogP contribution in [-0.4, -0.2) is 12.1 Å². The van der Waals surface area contributed by atoms with Crippen LogP contribution in [0.4, 0.5) is 0 Å². The molecular weight excluding hydrogens is 327 g/mol. The maximum Gasteiger partial charge on any atom is 0.454 e. The summed E-state index contributed by atoms with van der Waals surface area (Å²) >= 11 is 0. The van der Waals surface area contributed by atoms with Crippen molar-refractivity contribution in [2.75, 3.05) is 7.11 Å². The molecule has 92 valence electrons. The fourth-order valence-electron chi connectivity index (χ4n) is 1.79. The molecule has 0 aliphatic carbocycles. The first kappa shape index (κ1) is 14.0. The molecule has 0 saturated carbocycles. The van der Waals surface area contributed by atoms with Gasteiger partial charge in [-0.3, -0.25) is 0 Å². The van der Waals surface area contributed by atoms with Crippen molar-refractivity contribution in [1.29, 1.82) is 0 Å². The lowest BCUT2D eigenvalue weighted by atomic mass is 10.2.